The van der Waals surface area contributed by atoms with Gasteiger partial charge in [-0.15, -0.1) is 0 Å². The summed E-state index contributed by atoms with van der Waals surface area (Å²) in [5.74, 6) is 0.256. The molecular weight excluding hydrogens is 258 g/mol. The van der Waals surface area contributed by atoms with Crippen molar-refractivity contribution in [1.29, 1.82) is 0 Å². The van der Waals surface area contributed by atoms with E-state index in [0.717, 1.165) is 10.9 Å². The molecule has 0 radical (unpaired) electrons. The molecule has 1 N–H and O–H groups in total. The first-order valence-electron chi connectivity index (χ1n) is 6.38. The molecule has 2 aromatic rings. The molecule has 20 heavy (non-hydrogen) atoms. The normalized spacial score (nSPS) is 12.3. The fourth-order valence-corrected chi connectivity index (χ4v) is 2.07. The number of ether oxygens (including phenoxy) is 1. The summed E-state index contributed by atoms with van der Waals surface area (Å²) in [7, 11) is 1.64. The molecular formula is C14H17N3O3. The Morgan fingerprint density at radius 2 is 2.20 bits per heavy atom. The van der Waals surface area contributed by atoms with Crippen LogP contribution in [0.5, 0.6) is 0 Å². The number of aromatic nitrogens is 1. The SMILES string of the molecule is COCC(C)CNc1c([N+](=O)[O-])cnc2ccccc12. The minimum atomic E-state index is -0.414. The van der Waals surface area contributed by atoms with Gasteiger partial charge in [0.05, 0.1) is 17.0 Å². The molecule has 6 nitrogen and oxygen atoms in total. The maximum atomic E-state index is 11.1. The topological polar surface area (TPSA) is 77.3 Å². The number of rotatable bonds is 6. The fourth-order valence-electron chi connectivity index (χ4n) is 2.07. The summed E-state index contributed by atoms with van der Waals surface area (Å²) in [6, 6.07) is 7.37. The van der Waals surface area contributed by atoms with Crippen molar-refractivity contribution in [3.05, 3.63) is 40.6 Å². The Morgan fingerprint density at radius 1 is 1.45 bits per heavy atom. The Balaban J connectivity index is 2.37. The largest absolute Gasteiger partial charge is 0.384 e. The van der Waals surface area contributed by atoms with Crippen molar-refractivity contribution in [2.45, 2.75) is 6.92 Å². The van der Waals surface area contributed by atoms with Gasteiger partial charge in [0.25, 0.3) is 0 Å². The van der Waals surface area contributed by atoms with E-state index in [0.29, 0.717) is 18.8 Å². The zero-order valence-corrected chi connectivity index (χ0v) is 11.5. The molecule has 0 saturated carbocycles. The molecule has 1 atom stereocenters. The number of nitrogens with one attached hydrogen (secondary N) is 1. The predicted octanol–water partition coefficient (Wildman–Crippen LogP) is 2.84. The van der Waals surface area contributed by atoms with Crippen LogP contribution in [0.4, 0.5) is 11.4 Å². The van der Waals surface area contributed by atoms with E-state index in [-0.39, 0.29) is 11.6 Å². The smallest absolute Gasteiger partial charge is 0.311 e. The maximum Gasteiger partial charge on any atom is 0.311 e. The van der Waals surface area contributed by atoms with Crippen molar-refractivity contribution >= 4 is 22.3 Å². The summed E-state index contributed by atoms with van der Waals surface area (Å²) in [5, 5.41) is 15.1. The zero-order chi connectivity index (χ0) is 14.5. The van der Waals surface area contributed by atoms with E-state index in [1.165, 1.54) is 6.20 Å². The molecule has 1 unspecified atom stereocenters. The van der Waals surface area contributed by atoms with E-state index in [1.54, 1.807) is 7.11 Å². The molecule has 0 fully saturated rings. The molecule has 0 amide bonds. The molecule has 1 aromatic carbocycles. The minimum absolute atomic E-state index is 0.00619. The van der Waals surface area contributed by atoms with Crippen LogP contribution < -0.4 is 5.32 Å². The van der Waals surface area contributed by atoms with Crippen molar-refractivity contribution in [2.75, 3.05) is 25.6 Å². The molecule has 0 saturated heterocycles. The van der Waals surface area contributed by atoms with E-state index in [4.69, 9.17) is 4.74 Å². The highest BCUT2D eigenvalue weighted by Gasteiger charge is 2.18. The summed E-state index contributed by atoms with van der Waals surface area (Å²) in [6.07, 6.45) is 1.30. The van der Waals surface area contributed by atoms with Crippen LogP contribution in [0.15, 0.2) is 30.5 Å². The van der Waals surface area contributed by atoms with E-state index >= 15 is 0 Å². The van der Waals surface area contributed by atoms with Gasteiger partial charge in [-0.1, -0.05) is 25.1 Å². The molecule has 106 valence electrons. The molecule has 0 aliphatic rings. The van der Waals surface area contributed by atoms with Gasteiger partial charge in [-0.2, -0.15) is 0 Å². The van der Waals surface area contributed by atoms with Crippen molar-refractivity contribution < 1.29 is 9.66 Å². The van der Waals surface area contributed by atoms with Crippen LogP contribution in [0.3, 0.4) is 0 Å². The lowest BCUT2D eigenvalue weighted by Crippen LogP contribution is -2.16. The van der Waals surface area contributed by atoms with Crippen LogP contribution >= 0.6 is 0 Å². The zero-order valence-electron chi connectivity index (χ0n) is 11.5. The second kappa shape index (κ2) is 6.29. The lowest BCUT2D eigenvalue weighted by atomic mass is 10.1. The third kappa shape index (κ3) is 3.03. The standard InChI is InChI=1S/C14H17N3O3/c1-10(9-20-2)7-16-14-11-5-3-4-6-12(11)15-8-13(14)17(18)19/h3-6,8,10H,7,9H2,1-2H3,(H,15,16). The summed E-state index contributed by atoms with van der Waals surface area (Å²) in [5.41, 5.74) is 1.25. The van der Waals surface area contributed by atoms with Crippen LogP contribution in [0, 0.1) is 16.0 Å². The van der Waals surface area contributed by atoms with Crippen LogP contribution in [-0.2, 0) is 4.74 Å². The molecule has 0 spiro atoms. The second-order valence-corrected chi connectivity index (χ2v) is 4.73. The second-order valence-electron chi connectivity index (χ2n) is 4.73. The van der Waals surface area contributed by atoms with Crippen LogP contribution in [0.25, 0.3) is 10.9 Å². The van der Waals surface area contributed by atoms with Crippen LogP contribution in [-0.4, -0.2) is 30.2 Å². The minimum Gasteiger partial charge on any atom is -0.384 e. The first kappa shape index (κ1) is 14.2. The Hall–Kier alpha value is -2.21. The predicted molar refractivity (Wildman–Crippen MR) is 77.9 cm³/mol. The molecule has 1 aromatic heterocycles. The lowest BCUT2D eigenvalue weighted by molar-refractivity contribution is -0.384. The quantitative estimate of drug-likeness (QED) is 0.648. The molecule has 1 heterocycles. The monoisotopic (exact) mass is 275 g/mol. The van der Waals surface area contributed by atoms with Gasteiger partial charge in [-0.3, -0.25) is 10.1 Å². The number of hydrogen-bond donors (Lipinski definition) is 1. The highest BCUT2D eigenvalue weighted by atomic mass is 16.6. The molecule has 2 rings (SSSR count). The van der Waals surface area contributed by atoms with Gasteiger partial charge < -0.3 is 10.1 Å². The Labute approximate surface area is 116 Å². The number of benzene rings is 1. The number of hydrogen-bond acceptors (Lipinski definition) is 5. The first-order valence-corrected chi connectivity index (χ1v) is 6.38. The molecule has 0 bridgehead atoms. The number of pyridine rings is 1. The van der Waals surface area contributed by atoms with Crippen molar-refractivity contribution in [2.24, 2.45) is 5.92 Å². The van der Waals surface area contributed by atoms with Gasteiger partial charge in [-0.05, 0) is 12.0 Å². The highest BCUT2D eigenvalue weighted by Crippen LogP contribution is 2.31. The number of fused-ring (bicyclic) bond motifs is 1. The van der Waals surface area contributed by atoms with Crippen LogP contribution in [0.2, 0.25) is 0 Å². The van der Waals surface area contributed by atoms with Crippen molar-refractivity contribution in [3.63, 3.8) is 0 Å². The Kier molecular flexibility index (Phi) is 4.47. The fraction of sp³-hybridized carbons (Fsp3) is 0.357. The molecule has 0 aliphatic carbocycles. The maximum absolute atomic E-state index is 11.1. The van der Waals surface area contributed by atoms with E-state index in [9.17, 15) is 10.1 Å². The van der Waals surface area contributed by atoms with Crippen molar-refractivity contribution in [3.8, 4) is 0 Å². The van der Waals surface area contributed by atoms with Gasteiger partial charge in [0.2, 0.25) is 0 Å². The number of para-hydroxylation sites is 1. The number of anilines is 1. The summed E-state index contributed by atoms with van der Waals surface area (Å²) >= 11 is 0. The van der Waals surface area contributed by atoms with Gasteiger partial charge in [0.15, 0.2) is 0 Å². The third-order valence-corrected chi connectivity index (χ3v) is 3.03. The van der Waals surface area contributed by atoms with E-state index in [2.05, 4.69) is 10.3 Å². The first-order chi connectivity index (χ1) is 9.63. The summed E-state index contributed by atoms with van der Waals surface area (Å²) < 4.78 is 5.07. The summed E-state index contributed by atoms with van der Waals surface area (Å²) in [4.78, 5) is 14.8. The average molecular weight is 275 g/mol. The molecule has 6 heteroatoms. The van der Waals surface area contributed by atoms with E-state index < -0.39 is 4.92 Å². The number of methoxy groups -OCH3 is 1. The van der Waals surface area contributed by atoms with Gasteiger partial charge >= 0.3 is 5.69 Å². The van der Waals surface area contributed by atoms with Gasteiger partial charge in [-0.25, -0.2) is 4.98 Å². The number of nitro groups is 1. The summed E-state index contributed by atoms with van der Waals surface area (Å²) in [6.45, 7) is 3.22. The average Bonchev–Trinajstić information content (AvgIpc) is 2.44. The van der Waals surface area contributed by atoms with Crippen LogP contribution in [0.1, 0.15) is 6.92 Å². The Bertz CT molecular complexity index is 616. The lowest BCUT2D eigenvalue weighted by Gasteiger charge is -2.14. The van der Waals surface area contributed by atoms with Gasteiger partial charge in [0.1, 0.15) is 11.9 Å². The van der Waals surface area contributed by atoms with E-state index in [1.807, 2.05) is 31.2 Å². The van der Waals surface area contributed by atoms with Crippen molar-refractivity contribution in [1.82, 2.24) is 4.98 Å². The molecule has 0 aliphatic heterocycles. The Morgan fingerprint density at radius 3 is 2.90 bits per heavy atom. The van der Waals surface area contributed by atoms with Gasteiger partial charge in [0, 0.05) is 19.0 Å². The number of nitrogens with zero attached hydrogens (tertiary/aromatic N) is 2. The third-order valence-electron chi connectivity index (χ3n) is 3.03. The highest BCUT2D eigenvalue weighted by molar-refractivity contribution is 5.95.